The number of hydrogen-bond donors (Lipinski definition) is 0. The van der Waals surface area contributed by atoms with Crippen molar-refractivity contribution in [3.8, 4) is 0 Å². The van der Waals surface area contributed by atoms with Crippen molar-refractivity contribution < 1.29 is 14.3 Å². The summed E-state index contributed by atoms with van der Waals surface area (Å²) in [4.78, 5) is 23.8. The monoisotopic (exact) mass is 338 g/mol. The van der Waals surface area contributed by atoms with Gasteiger partial charge in [0.2, 0.25) is 0 Å². The van der Waals surface area contributed by atoms with E-state index in [-0.39, 0.29) is 17.0 Å². The fourth-order valence-electron chi connectivity index (χ4n) is 8.01. The van der Waals surface area contributed by atoms with Gasteiger partial charge in [-0.05, 0) is 73.3 Å². The van der Waals surface area contributed by atoms with Crippen LogP contribution in [0.25, 0.3) is 0 Å². The van der Waals surface area contributed by atoms with Gasteiger partial charge >= 0.3 is 5.97 Å². The third-order valence-electron chi connectivity index (χ3n) is 8.99. The Morgan fingerprint density at radius 3 is 2.80 bits per heavy atom. The second kappa shape index (κ2) is 4.47. The lowest BCUT2D eigenvalue weighted by Crippen LogP contribution is -2.54. The molecule has 3 nitrogen and oxygen atoms in total. The molecular weight excluding hydrogens is 312 g/mol. The van der Waals surface area contributed by atoms with Gasteiger partial charge in [0.05, 0.1) is 0 Å². The average Bonchev–Trinajstić information content (AvgIpc) is 3.23. The molecule has 0 radical (unpaired) electrons. The second-order valence-electron chi connectivity index (χ2n) is 9.71. The van der Waals surface area contributed by atoms with Crippen LogP contribution >= 0.6 is 0 Å². The summed E-state index contributed by atoms with van der Waals surface area (Å²) in [5, 5.41) is 0. The zero-order chi connectivity index (χ0) is 17.0. The number of ether oxygens (including phenoxy) is 1. The van der Waals surface area contributed by atoms with Crippen LogP contribution in [-0.4, -0.2) is 17.4 Å². The van der Waals surface area contributed by atoms with Gasteiger partial charge in [0, 0.05) is 24.2 Å². The van der Waals surface area contributed by atoms with Gasteiger partial charge in [-0.1, -0.05) is 19.1 Å². The topological polar surface area (TPSA) is 43.4 Å². The molecule has 4 fully saturated rings. The minimum absolute atomic E-state index is 0.0323. The highest BCUT2D eigenvalue weighted by atomic mass is 16.6. The third-order valence-corrected chi connectivity index (χ3v) is 8.99. The Morgan fingerprint density at radius 1 is 1.12 bits per heavy atom. The minimum atomic E-state index is -0.156. The van der Waals surface area contributed by atoms with E-state index in [1.165, 1.54) is 24.8 Å². The Labute approximate surface area is 148 Å². The van der Waals surface area contributed by atoms with Gasteiger partial charge in [0.15, 0.2) is 5.78 Å². The molecule has 132 valence electrons. The molecule has 6 rings (SSSR count). The van der Waals surface area contributed by atoms with Gasteiger partial charge < -0.3 is 4.74 Å². The van der Waals surface area contributed by atoms with Crippen LogP contribution in [0.4, 0.5) is 0 Å². The molecular formula is C22H26O3. The number of allylic oxidation sites excluding steroid dienone is 4. The molecule has 0 N–H and O–H groups in total. The molecule has 0 aromatic heterocycles. The van der Waals surface area contributed by atoms with Crippen molar-refractivity contribution in [3.63, 3.8) is 0 Å². The number of rotatable bonds is 0. The van der Waals surface area contributed by atoms with Crippen molar-refractivity contribution in [2.24, 2.45) is 40.9 Å². The second-order valence-corrected chi connectivity index (χ2v) is 9.71. The largest absolute Gasteiger partial charge is 0.458 e. The van der Waals surface area contributed by atoms with Crippen LogP contribution in [0.15, 0.2) is 23.8 Å². The fourth-order valence-corrected chi connectivity index (χ4v) is 8.01. The maximum absolute atomic E-state index is 12.0. The van der Waals surface area contributed by atoms with E-state index in [9.17, 15) is 9.59 Å². The predicted octanol–water partition coefficient (Wildman–Crippen LogP) is 3.84. The van der Waals surface area contributed by atoms with Crippen LogP contribution in [-0.2, 0) is 14.3 Å². The fraction of sp³-hybridized carbons (Fsp3) is 0.727. The molecule has 5 aliphatic carbocycles. The standard InChI is InChI=1S/C22H26O3/c1-21-8-6-15-14-5-3-13(23)10-12(14)2-4-16(15)20(21)17-11-18(17)22(21)9-7-19(24)25-22/h2,4,10,14-18,20H,3,5-9,11H2,1H3/t14?,15?,16?,17-,18+,20?,21?,22?/m0/s1. The van der Waals surface area contributed by atoms with Gasteiger partial charge in [-0.3, -0.25) is 9.59 Å². The molecule has 1 aliphatic heterocycles. The van der Waals surface area contributed by atoms with E-state index in [0.29, 0.717) is 41.8 Å². The number of fused-ring (bicyclic) bond motifs is 9. The molecule has 6 aliphatic rings. The zero-order valence-corrected chi connectivity index (χ0v) is 14.9. The molecule has 0 bridgehead atoms. The van der Waals surface area contributed by atoms with Crippen LogP contribution in [0.5, 0.6) is 0 Å². The van der Waals surface area contributed by atoms with Gasteiger partial charge in [0.1, 0.15) is 5.60 Å². The minimum Gasteiger partial charge on any atom is -0.458 e. The molecule has 6 unspecified atom stereocenters. The van der Waals surface area contributed by atoms with Crippen molar-refractivity contribution in [1.82, 2.24) is 0 Å². The average molecular weight is 338 g/mol. The van der Waals surface area contributed by atoms with Crippen LogP contribution in [0.1, 0.15) is 51.9 Å². The summed E-state index contributed by atoms with van der Waals surface area (Å²) in [5.74, 6) is 4.25. The van der Waals surface area contributed by atoms with E-state index >= 15 is 0 Å². The van der Waals surface area contributed by atoms with E-state index in [0.717, 1.165) is 25.2 Å². The molecule has 3 heteroatoms. The molecule has 0 aromatic carbocycles. The van der Waals surface area contributed by atoms with E-state index in [4.69, 9.17) is 4.74 Å². The highest BCUT2D eigenvalue weighted by Crippen LogP contribution is 2.77. The number of hydrogen-bond acceptors (Lipinski definition) is 3. The van der Waals surface area contributed by atoms with Crippen molar-refractivity contribution in [1.29, 1.82) is 0 Å². The quantitative estimate of drug-likeness (QED) is 0.630. The number of esters is 1. The summed E-state index contributed by atoms with van der Waals surface area (Å²) in [7, 11) is 0. The van der Waals surface area contributed by atoms with Gasteiger partial charge in [-0.25, -0.2) is 0 Å². The SMILES string of the molecule is CC12CCC3C4CCC(=O)C=C4C=CC3C1[C@H]1C[C@H]1C21CCC(=O)O1. The summed E-state index contributed by atoms with van der Waals surface area (Å²) in [6.07, 6.45) is 13.6. The molecule has 1 spiro atoms. The summed E-state index contributed by atoms with van der Waals surface area (Å²) < 4.78 is 6.12. The Balaban J connectivity index is 1.41. The Morgan fingerprint density at radius 2 is 2.00 bits per heavy atom. The Kier molecular flexibility index (Phi) is 2.64. The first-order valence-electron chi connectivity index (χ1n) is 10.2. The van der Waals surface area contributed by atoms with Gasteiger partial charge in [0.25, 0.3) is 0 Å². The molecule has 25 heavy (non-hydrogen) atoms. The number of carbonyl (C=O) groups is 2. The van der Waals surface area contributed by atoms with Crippen molar-refractivity contribution in [2.75, 3.05) is 0 Å². The molecule has 3 saturated carbocycles. The van der Waals surface area contributed by atoms with Gasteiger partial charge in [-0.15, -0.1) is 0 Å². The maximum Gasteiger partial charge on any atom is 0.306 e. The van der Waals surface area contributed by atoms with Crippen molar-refractivity contribution >= 4 is 11.8 Å². The first-order valence-corrected chi connectivity index (χ1v) is 10.2. The predicted molar refractivity (Wildman–Crippen MR) is 92.4 cm³/mol. The highest BCUT2D eigenvalue weighted by molar-refractivity contribution is 5.92. The van der Waals surface area contributed by atoms with Crippen molar-refractivity contribution in [2.45, 2.75) is 57.5 Å². The van der Waals surface area contributed by atoms with Crippen molar-refractivity contribution in [3.05, 3.63) is 23.8 Å². The lowest BCUT2D eigenvalue weighted by molar-refractivity contribution is -0.171. The summed E-state index contributed by atoms with van der Waals surface area (Å²) in [6.45, 7) is 2.43. The van der Waals surface area contributed by atoms with Crippen LogP contribution in [0.2, 0.25) is 0 Å². The summed E-state index contributed by atoms with van der Waals surface area (Å²) in [6, 6.07) is 0. The van der Waals surface area contributed by atoms with Crippen LogP contribution < -0.4 is 0 Å². The number of carbonyl (C=O) groups excluding carboxylic acids is 2. The summed E-state index contributed by atoms with van der Waals surface area (Å²) >= 11 is 0. The number of ketones is 1. The lowest BCUT2D eigenvalue weighted by Gasteiger charge is -2.55. The third kappa shape index (κ3) is 1.64. The molecule has 0 amide bonds. The van der Waals surface area contributed by atoms with Gasteiger partial charge in [-0.2, -0.15) is 0 Å². The zero-order valence-electron chi connectivity index (χ0n) is 14.9. The van der Waals surface area contributed by atoms with E-state index in [2.05, 4.69) is 19.1 Å². The van der Waals surface area contributed by atoms with Crippen LogP contribution in [0.3, 0.4) is 0 Å². The smallest absolute Gasteiger partial charge is 0.306 e. The lowest BCUT2D eigenvalue weighted by atomic mass is 9.50. The molecule has 1 saturated heterocycles. The molecule has 0 aromatic rings. The molecule has 8 atom stereocenters. The van der Waals surface area contributed by atoms with E-state index < -0.39 is 0 Å². The van der Waals surface area contributed by atoms with Crippen LogP contribution in [0, 0.1) is 40.9 Å². The normalized spacial score (nSPS) is 55.2. The van der Waals surface area contributed by atoms with E-state index in [1.54, 1.807) is 0 Å². The van der Waals surface area contributed by atoms with E-state index in [1.807, 2.05) is 6.08 Å². The Bertz CT molecular complexity index is 748. The first-order chi connectivity index (χ1) is 12.0. The summed E-state index contributed by atoms with van der Waals surface area (Å²) in [5.41, 5.74) is 1.29. The first kappa shape index (κ1) is 14.8. The maximum atomic E-state index is 12.0. The Hall–Kier alpha value is -1.38. The molecule has 1 heterocycles. The highest BCUT2D eigenvalue weighted by Gasteiger charge is 2.78.